The number of carbonyl (C=O) groups is 3. The molecular weight excluding hydrogens is 541 g/mol. The zero-order chi connectivity index (χ0) is 30.2. The number of carbonyl (C=O) groups excluding carboxylic acids is 3. The van der Waals surface area contributed by atoms with E-state index in [4.69, 9.17) is 4.74 Å². The predicted molar refractivity (Wildman–Crippen MR) is 159 cm³/mol. The molecule has 228 valence electrons. The molecule has 1 aliphatic heterocycles. The lowest BCUT2D eigenvalue weighted by molar-refractivity contribution is -0.134. The van der Waals surface area contributed by atoms with Crippen molar-refractivity contribution in [2.45, 2.75) is 70.6 Å². The van der Waals surface area contributed by atoms with E-state index in [-0.39, 0.29) is 43.5 Å². The molecule has 1 fully saturated rings. The summed E-state index contributed by atoms with van der Waals surface area (Å²) in [6, 6.07) is 9.80. The number of hydrogen-bond acceptors (Lipinski definition) is 5. The minimum Gasteiger partial charge on any atom is -0.488 e. The van der Waals surface area contributed by atoms with E-state index < -0.39 is 24.0 Å². The number of hydrogen-bond donors (Lipinski definition) is 4. The fraction of sp³-hybridized carbons (Fsp3) is 0.516. The van der Waals surface area contributed by atoms with Crippen LogP contribution in [-0.2, 0) is 11.2 Å². The second-order valence-electron chi connectivity index (χ2n) is 11.5. The number of rotatable bonds is 7. The molecule has 10 nitrogen and oxygen atoms in total. The smallest absolute Gasteiger partial charge is 0.321 e. The van der Waals surface area contributed by atoms with E-state index in [1.165, 1.54) is 35.6 Å². The minimum absolute atomic E-state index is 0.0275. The van der Waals surface area contributed by atoms with Gasteiger partial charge in [0.15, 0.2) is 0 Å². The summed E-state index contributed by atoms with van der Waals surface area (Å²) in [6.07, 6.45) is 4.87. The number of halogens is 1. The van der Waals surface area contributed by atoms with Crippen molar-refractivity contribution in [3.63, 3.8) is 0 Å². The van der Waals surface area contributed by atoms with Crippen molar-refractivity contribution in [2.75, 3.05) is 37.4 Å². The largest absolute Gasteiger partial charge is 0.488 e. The van der Waals surface area contributed by atoms with Crippen LogP contribution in [0.15, 0.2) is 42.5 Å². The molecule has 11 heteroatoms. The molecule has 0 saturated heterocycles. The number of nitrogens with one attached hydrogen (secondary N) is 3. The van der Waals surface area contributed by atoms with E-state index in [1.807, 2.05) is 6.92 Å². The molecule has 0 bridgehead atoms. The second kappa shape index (κ2) is 14.4. The van der Waals surface area contributed by atoms with Crippen LogP contribution in [-0.4, -0.2) is 77.8 Å². The Morgan fingerprint density at radius 2 is 1.79 bits per heavy atom. The fourth-order valence-corrected chi connectivity index (χ4v) is 5.43. The van der Waals surface area contributed by atoms with Gasteiger partial charge in [0.05, 0.1) is 25.6 Å². The summed E-state index contributed by atoms with van der Waals surface area (Å²) < 4.78 is 19.7. The number of ether oxygens (including phenoxy) is 1. The lowest BCUT2D eigenvalue weighted by atomic mass is 9.96. The van der Waals surface area contributed by atoms with Gasteiger partial charge in [-0.1, -0.05) is 26.2 Å². The number of aliphatic hydroxyl groups is 1. The SMILES string of the molecule is C[C@H](CO)N1C[C@H](C)[C@H](CN(C)C(=O)Nc2ccc(F)cc2)Oc2ccc(NC(=O)NC3CCCCC3)cc2CC1=O. The van der Waals surface area contributed by atoms with Gasteiger partial charge < -0.3 is 35.6 Å². The van der Waals surface area contributed by atoms with E-state index in [0.29, 0.717) is 29.2 Å². The Morgan fingerprint density at radius 1 is 1.10 bits per heavy atom. The van der Waals surface area contributed by atoms with Crippen molar-refractivity contribution >= 4 is 29.3 Å². The van der Waals surface area contributed by atoms with Gasteiger partial charge in [0, 0.05) is 42.5 Å². The summed E-state index contributed by atoms with van der Waals surface area (Å²) in [6.45, 7) is 4.06. The van der Waals surface area contributed by atoms with Crippen LogP contribution in [0.3, 0.4) is 0 Å². The van der Waals surface area contributed by atoms with Crippen molar-refractivity contribution in [1.29, 1.82) is 0 Å². The maximum atomic E-state index is 13.4. The molecule has 1 aliphatic carbocycles. The van der Waals surface area contributed by atoms with Crippen molar-refractivity contribution in [1.82, 2.24) is 15.1 Å². The average molecular weight is 584 g/mol. The third-order valence-corrected chi connectivity index (χ3v) is 8.01. The van der Waals surface area contributed by atoms with Gasteiger partial charge in [-0.15, -0.1) is 0 Å². The summed E-state index contributed by atoms with van der Waals surface area (Å²) in [5.41, 5.74) is 1.60. The second-order valence-corrected chi connectivity index (χ2v) is 11.5. The average Bonchev–Trinajstić information content (AvgIpc) is 3.01. The minimum atomic E-state index is -0.500. The standard InChI is InChI=1S/C31H42FN5O5/c1-20-17-37(21(2)19-38)29(39)16-22-15-26(34-30(40)33-24-7-5-4-6-8-24)13-14-27(22)42-28(20)18-36(3)31(41)35-25-11-9-23(32)10-12-25/h9-15,20-21,24,28,38H,4-8,16-19H2,1-3H3,(H,35,41)(H2,33,34,40)/t20-,21+,28-/m0/s1. The van der Waals surface area contributed by atoms with E-state index in [0.717, 1.165) is 25.7 Å². The van der Waals surface area contributed by atoms with Gasteiger partial charge in [-0.2, -0.15) is 0 Å². The topological polar surface area (TPSA) is 123 Å². The first-order valence-electron chi connectivity index (χ1n) is 14.7. The van der Waals surface area contributed by atoms with E-state index in [9.17, 15) is 23.9 Å². The van der Waals surface area contributed by atoms with Gasteiger partial charge in [-0.3, -0.25) is 4.79 Å². The molecule has 0 unspecified atom stereocenters. The molecule has 0 spiro atoms. The van der Waals surface area contributed by atoms with Crippen LogP contribution < -0.4 is 20.7 Å². The highest BCUT2D eigenvalue weighted by atomic mass is 19.1. The van der Waals surface area contributed by atoms with Crippen LogP contribution >= 0.6 is 0 Å². The van der Waals surface area contributed by atoms with Gasteiger partial charge in [0.2, 0.25) is 5.91 Å². The Bertz CT molecular complexity index is 1240. The molecule has 5 amide bonds. The maximum absolute atomic E-state index is 13.4. The quantitative estimate of drug-likeness (QED) is 0.380. The lowest BCUT2D eigenvalue weighted by Gasteiger charge is -2.34. The highest BCUT2D eigenvalue weighted by Crippen LogP contribution is 2.29. The molecule has 1 saturated carbocycles. The molecule has 4 N–H and O–H groups in total. The summed E-state index contributed by atoms with van der Waals surface area (Å²) >= 11 is 0. The van der Waals surface area contributed by atoms with Gasteiger partial charge in [-0.05, 0) is 62.2 Å². The fourth-order valence-electron chi connectivity index (χ4n) is 5.43. The third kappa shape index (κ3) is 8.34. The first-order valence-corrected chi connectivity index (χ1v) is 14.7. The lowest BCUT2D eigenvalue weighted by Crippen LogP contribution is -2.48. The Kier molecular flexibility index (Phi) is 10.6. The van der Waals surface area contributed by atoms with E-state index in [1.54, 1.807) is 37.1 Å². The molecule has 2 aromatic carbocycles. The molecule has 0 radical (unpaired) electrons. The van der Waals surface area contributed by atoms with Crippen LogP contribution in [0.5, 0.6) is 5.75 Å². The highest BCUT2D eigenvalue weighted by molar-refractivity contribution is 5.90. The number of urea groups is 2. The predicted octanol–water partition coefficient (Wildman–Crippen LogP) is 4.59. The van der Waals surface area contributed by atoms with E-state index >= 15 is 0 Å². The van der Waals surface area contributed by atoms with Crippen LogP contribution in [0.2, 0.25) is 0 Å². The van der Waals surface area contributed by atoms with Crippen molar-refractivity contribution in [3.05, 3.63) is 53.8 Å². The maximum Gasteiger partial charge on any atom is 0.321 e. The monoisotopic (exact) mass is 583 g/mol. The molecule has 4 rings (SSSR count). The summed E-state index contributed by atoms with van der Waals surface area (Å²) in [7, 11) is 1.64. The van der Waals surface area contributed by atoms with Crippen molar-refractivity contribution < 1.29 is 28.6 Å². The molecule has 1 heterocycles. The molecule has 42 heavy (non-hydrogen) atoms. The number of aliphatic hydroxyl groups excluding tert-OH is 1. The number of anilines is 2. The van der Waals surface area contributed by atoms with Crippen LogP contribution in [0.1, 0.15) is 51.5 Å². The molecule has 3 atom stereocenters. The first-order chi connectivity index (χ1) is 20.1. The number of fused-ring (bicyclic) bond motifs is 1. The van der Waals surface area contributed by atoms with Crippen molar-refractivity contribution in [2.24, 2.45) is 5.92 Å². The number of likely N-dealkylation sites (N-methyl/N-ethyl adjacent to an activating group) is 1. The summed E-state index contributed by atoms with van der Waals surface area (Å²) in [5, 5.41) is 18.6. The highest BCUT2D eigenvalue weighted by Gasteiger charge is 2.32. The van der Waals surface area contributed by atoms with Crippen LogP contribution in [0, 0.1) is 11.7 Å². The van der Waals surface area contributed by atoms with Crippen molar-refractivity contribution in [3.8, 4) is 5.75 Å². The van der Waals surface area contributed by atoms with Gasteiger partial charge in [0.1, 0.15) is 17.7 Å². The Hall–Kier alpha value is -3.86. The number of benzene rings is 2. The normalized spacial score (nSPS) is 20.2. The van der Waals surface area contributed by atoms with Gasteiger partial charge in [-0.25, -0.2) is 14.0 Å². The zero-order valence-corrected chi connectivity index (χ0v) is 24.6. The Morgan fingerprint density at radius 3 is 2.48 bits per heavy atom. The third-order valence-electron chi connectivity index (χ3n) is 8.01. The summed E-state index contributed by atoms with van der Waals surface area (Å²) in [5.74, 6) is -0.273. The number of nitrogens with zero attached hydrogens (tertiary/aromatic N) is 2. The molecule has 2 aromatic rings. The van der Waals surface area contributed by atoms with Crippen LogP contribution in [0.4, 0.5) is 25.4 Å². The molecular formula is C31H42FN5O5. The van der Waals surface area contributed by atoms with Gasteiger partial charge in [0.25, 0.3) is 0 Å². The number of amides is 5. The Balaban J connectivity index is 1.53. The molecule has 2 aliphatic rings. The zero-order valence-electron chi connectivity index (χ0n) is 24.6. The summed E-state index contributed by atoms with van der Waals surface area (Å²) in [4.78, 5) is 42.2. The van der Waals surface area contributed by atoms with Crippen LogP contribution in [0.25, 0.3) is 0 Å². The van der Waals surface area contributed by atoms with E-state index in [2.05, 4.69) is 16.0 Å². The van der Waals surface area contributed by atoms with Gasteiger partial charge >= 0.3 is 12.1 Å². The first kappa shape index (κ1) is 31.1. The molecule has 0 aromatic heterocycles. The Labute approximate surface area is 246 Å².